The van der Waals surface area contributed by atoms with Crippen molar-refractivity contribution in [3.63, 3.8) is 0 Å². The minimum absolute atomic E-state index is 0. The molecule has 8 heteroatoms. The van der Waals surface area contributed by atoms with E-state index in [4.69, 9.17) is 15.0 Å². The van der Waals surface area contributed by atoms with Gasteiger partial charge in [0, 0.05) is 17.7 Å². The van der Waals surface area contributed by atoms with E-state index in [2.05, 4.69) is 15.5 Å². The summed E-state index contributed by atoms with van der Waals surface area (Å²) in [5, 5.41) is 7.00. The highest BCUT2D eigenvalue weighted by Crippen LogP contribution is 2.31. The number of benzene rings is 2. The molecule has 1 aliphatic rings. The number of aromatic nitrogens is 2. The van der Waals surface area contributed by atoms with Crippen LogP contribution in [-0.2, 0) is 19.4 Å². The predicted octanol–water partition coefficient (Wildman–Crippen LogP) is 4.02. The minimum atomic E-state index is -0.100. The van der Waals surface area contributed by atoms with Gasteiger partial charge < -0.3 is 20.3 Å². The fraction of sp³-hybridized carbons (Fsp3) is 0.318. The van der Waals surface area contributed by atoms with Crippen molar-refractivity contribution < 1.29 is 14.1 Å². The number of hydrogen-bond donors (Lipinski definition) is 2. The van der Waals surface area contributed by atoms with Gasteiger partial charge >= 0.3 is 0 Å². The zero-order chi connectivity index (χ0) is 20.2. The molecule has 1 unspecified atom stereocenters. The van der Waals surface area contributed by atoms with Crippen LogP contribution in [0.15, 0.2) is 47.0 Å². The van der Waals surface area contributed by atoms with E-state index in [1.807, 2.05) is 25.1 Å². The number of ether oxygens (including phenoxy) is 1. The molecule has 1 aromatic heterocycles. The maximum absolute atomic E-state index is 12.7. The second kappa shape index (κ2) is 9.63. The molecule has 0 bridgehead atoms. The van der Waals surface area contributed by atoms with Crippen molar-refractivity contribution in [3.05, 3.63) is 70.9 Å². The number of anilines is 1. The summed E-state index contributed by atoms with van der Waals surface area (Å²) in [5.41, 5.74) is 9.62. The van der Waals surface area contributed by atoms with Gasteiger partial charge in [0.25, 0.3) is 5.91 Å². The molecule has 0 aliphatic heterocycles. The summed E-state index contributed by atoms with van der Waals surface area (Å²) in [7, 11) is 0. The van der Waals surface area contributed by atoms with Crippen molar-refractivity contribution in [1.82, 2.24) is 15.5 Å². The van der Waals surface area contributed by atoms with E-state index >= 15 is 0 Å². The van der Waals surface area contributed by atoms with Gasteiger partial charge in [-0.25, -0.2) is 0 Å². The number of nitrogens with one attached hydrogen (secondary N) is 1. The molecule has 4 rings (SSSR count). The first-order valence-electron chi connectivity index (χ1n) is 9.86. The zero-order valence-electron chi connectivity index (χ0n) is 16.8. The molecule has 0 radical (unpaired) electrons. The molecule has 0 fully saturated rings. The number of carbonyl (C=O) groups is 1. The first-order valence-corrected chi connectivity index (χ1v) is 9.86. The Morgan fingerprint density at radius 3 is 2.80 bits per heavy atom. The Morgan fingerprint density at radius 1 is 1.27 bits per heavy atom. The fourth-order valence-electron chi connectivity index (χ4n) is 3.57. The van der Waals surface area contributed by atoms with E-state index in [0.29, 0.717) is 29.4 Å². The highest BCUT2D eigenvalue weighted by Gasteiger charge is 2.22. The van der Waals surface area contributed by atoms with Crippen molar-refractivity contribution in [2.75, 3.05) is 5.73 Å². The first-order chi connectivity index (χ1) is 14.1. The van der Waals surface area contributed by atoms with E-state index in [1.54, 1.807) is 24.3 Å². The number of nitrogens with two attached hydrogens (primary N) is 1. The average molecular weight is 429 g/mol. The van der Waals surface area contributed by atoms with Crippen LogP contribution in [0.2, 0.25) is 0 Å². The van der Waals surface area contributed by atoms with E-state index in [9.17, 15) is 4.79 Å². The number of rotatable bonds is 6. The molecule has 0 saturated heterocycles. The lowest BCUT2D eigenvalue weighted by molar-refractivity contribution is 0.0932. The molecular weight excluding hydrogens is 404 g/mol. The summed E-state index contributed by atoms with van der Waals surface area (Å²) in [5.74, 6) is 1.63. The third-order valence-electron chi connectivity index (χ3n) is 5.08. The van der Waals surface area contributed by atoms with E-state index in [-0.39, 0.29) is 31.0 Å². The Bertz CT molecular complexity index is 1000. The zero-order valence-corrected chi connectivity index (χ0v) is 17.6. The molecule has 0 saturated carbocycles. The summed E-state index contributed by atoms with van der Waals surface area (Å²) < 4.78 is 10.7. The standard InChI is InChI=1S/C22H24N4O3.ClH/c1-2-21-25-20(26-29-21)13-28-17-9-6-14(7-10-17)22(27)24-19-5-3-4-15-12-16(23)8-11-18(15)19;/h6-12,19H,2-5,13,23H2,1H3,(H,24,27);1H. The van der Waals surface area contributed by atoms with Crippen LogP contribution in [0, 0.1) is 0 Å². The Kier molecular flexibility index (Phi) is 6.95. The van der Waals surface area contributed by atoms with Crippen LogP contribution < -0.4 is 15.8 Å². The molecule has 1 atom stereocenters. The van der Waals surface area contributed by atoms with E-state index in [0.717, 1.165) is 30.5 Å². The fourth-order valence-corrected chi connectivity index (χ4v) is 3.57. The molecule has 0 spiro atoms. The lowest BCUT2D eigenvalue weighted by Gasteiger charge is -2.26. The monoisotopic (exact) mass is 428 g/mol. The molecule has 7 nitrogen and oxygen atoms in total. The third-order valence-corrected chi connectivity index (χ3v) is 5.08. The maximum atomic E-state index is 12.7. The van der Waals surface area contributed by atoms with Crippen LogP contribution in [0.3, 0.4) is 0 Å². The number of fused-ring (bicyclic) bond motifs is 1. The Labute approximate surface area is 181 Å². The summed E-state index contributed by atoms with van der Waals surface area (Å²) in [4.78, 5) is 16.9. The third kappa shape index (κ3) is 4.91. The highest BCUT2D eigenvalue weighted by molar-refractivity contribution is 5.94. The van der Waals surface area contributed by atoms with Crippen LogP contribution in [0.4, 0.5) is 5.69 Å². The summed E-state index contributed by atoms with van der Waals surface area (Å²) >= 11 is 0. The average Bonchev–Trinajstić information content (AvgIpc) is 3.21. The van der Waals surface area contributed by atoms with Gasteiger partial charge in [-0.1, -0.05) is 18.1 Å². The number of amides is 1. The van der Waals surface area contributed by atoms with Gasteiger partial charge in [-0.2, -0.15) is 4.98 Å². The molecule has 2 aromatic carbocycles. The van der Waals surface area contributed by atoms with Crippen molar-refractivity contribution >= 4 is 24.0 Å². The second-order valence-corrected chi connectivity index (χ2v) is 7.15. The predicted molar refractivity (Wildman–Crippen MR) is 116 cm³/mol. The summed E-state index contributed by atoms with van der Waals surface area (Å²) in [6.07, 6.45) is 3.65. The smallest absolute Gasteiger partial charge is 0.251 e. The SMILES string of the molecule is CCc1nc(COc2ccc(C(=O)NC3CCCc4cc(N)ccc43)cc2)no1.Cl. The summed E-state index contributed by atoms with van der Waals surface area (Å²) in [6, 6.07) is 13.0. The lowest BCUT2D eigenvalue weighted by Crippen LogP contribution is -2.31. The van der Waals surface area contributed by atoms with Gasteiger partial charge in [0.05, 0.1) is 6.04 Å². The highest BCUT2D eigenvalue weighted by atomic mass is 35.5. The van der Waals surface area contributed by atoms with Gasteiger partial charge in [-0.15, -0.1) is 12.4 Å². The molecule has 3 N–H and O–H groups in total. The number of carbonyl (C=O) groups excluding carboxylic acids is 1. The van der Waals surface area contributed by atoms with Crippen LogP contribution >= 0.6 is 12.4 Å². The van der Waals surface area contributed by atoms with E-state index in [1.165, 1.54) is 5.56 Å². The largest absolute Gasteiger partial charge is 0.485 e. The number of halogens is 1. The molecule has 30 heavy (non-hydrogen) atoms. The van der Waals surface area contributed by atoms with Gasteiger partial charge in [0.1, 0.15) is 5.75 Å². The lowest BCUT2D eigenvalue weighted by atomic mass is 9.87. The summed E-state index contributed by atoms with van der Waals surface area (Å²) in [6.45, 7) is 2.17. The Morgan fingerprint density at radius 2 is 2.07 bits per heavy atom. The Hall–Kier alpha value is -3.06. The quantitative estimate of drug-likeness (QED) is 0.574. The van der Waals surface area contributed by atoms with Gasteiger partial charge in [0.2, 0.25) is 11.7 Å². The number of nitrogen functional groups attached to an aromatic ring is 1. The van der Waals surface area contributed by atoms with Crippen molar-refractivity contribution in [1.29, 1.82) is 0 Å². The molecule has 1 amide bonds. The Balaban J connectivity index is 0.00000256. The molecule has 1 heterocycles. The van der Waals surface area contributed by atoms with Crippen LogP contribution in [-0.4, -0.2) is 16.0 Å². The van der Waals surface area contributed by atoms with Crippen molar-refractivity contribution in [2.45, 2.75) is 45.3 Å². The molecular formula is C22H25ClN4O3. The first kappa shape index (κ1) is 21.6. The van der Waals surface area contributed by atoms with Crippen molar-refractivity contribution in [2.24, 2.45) is 0 Å². The molecule has 158 valence electrons. The normalized spacial score (nSPS) is 15.0. The molecule has 3 aromatic rings. The maximum Gasteiger partial charge on any atom is 0.251 e. The minimum Gasteiger partial charge on any atom is -0.485 e. The second-order valence-electron chi connectivity index (χ2n) is 7.15. The number of aryl methyl sites for hydroxylation is 2. The molecule has 1 aliphatic carbocycles. The topological polar surface area (TPSA) is 103 Å². The van der Waals surface area contributed by atoms with Crippen LogP contribution in [0.1, 0.15) is 59.0 Å². The van der Waals surface area contributed by atoms with Crippen LogP contribution in [0.25, 0.3) is 0 Å². The van der Waals surface area contributed by atoms with Gasteiger partial charge in [0.15, 0.2) is 6.61 Å². The van der Waals surface area contributed by atoms with E-state index < -0.39 is 0 Å². The van der Waals surface area contributed by atoms with Crippen molar-refractivity contribution in [3.8, 4) is 5.75 Å². The number of nitrogens with zero attached hydrogens (tertiary/aromatic N) is 2. The van der Waals surface area contributed by atoms with Crippen LogP contribution in [0.5, 0.6) is 5.75 Å². The van der Waals surface area contributed by atoms with Gasteiger partial charge in [-0.05, 0) is 66.8 Å². The number of hydrogen-bond acceptors (Lipinski definition) is 6. The van der Waals surface area contributed by atoms with Gasteiger partial charge in [-0.3, -0.25) is 4.79 Å².